The number of nitrogens with one attached hydrogen (secondary N) is 1. The predicted octanol–water partition coefficient (Wildman–Crippen LogP) is -0.628. The van der Waals surface area contributed by atoms with Gasteiger partial charge in [0, 0.05) is 0 Å². The maximum atomic E-state index is 13.3. The first-order valence-electron chi connectivity index (χ1n) is 4.56. The van der Waals surface area contributed by atoms with Crippen LogP contribution in [0.25, 0.3) is 0 Å². The number of carboxylic acid groups (broad SMARTS) is 1. The van der Waals surface area contributed by atoms with Crippen molar-refractivity contribution in [2.75, 3.05) is 5.32 Å². The van der Waals surface area contributed by atoms with Crippen LogP contribution in [0.1, 0.15) is 1.43 Å². The molecule has 0 aromatic heterocycles. The molecule has 0 atom stereocenters. The summed E-state index contributed by atoms with van der Waals surface area (Å²) >= 11 is 4.49. The zero-order valence-corrected chi connectivity index (χ0v) is 12.8. The normalized spacial score (nSPS) is 9.35. The molecule has 0 radical (unpaired) electrons. The zero-order valence-electron chi connectivity index (χ0n) is 10.9. The van der Waals surface area contributed by atoms with Gasteiger partial charge in [0.15, 0.2) is 23.0 Å². The van der Waals surface area contributed by atoms with Crippen molar-refractivity contribution in [3.63, 3.8) is 0 Å². The zero-order chi connectivity index (χ0) is 14.7. The summed E-state index contributed by atoms with van der Waals surface area (Å²) in [6.45, 7) is 0. The number of aliphatic carboxylic acids is 1. The van der Waals surface area contributed by atoms with E-state index in [0.717, 1.165) is 6.07 Å². The third-order valence-corrected chi connectivity index (χ3v) is 2.25. The number of anilines is 1. The van der Waals surface area contributed by atoms with E-state index in [9.17, 15) is 18.0 Å². The molecule has 0 saturated heterocycles. The summed E-state index contributed by atoms with van der Waals surface area (Å²) < 4.78 is 38.8. The Hall–Kier alpha value is -1.29. The molecule has 0 aliphatic carbocycles. The molecule has 0 spiro atoms. The van der Waals surface area contributed by atoms with Crippen molar-refractivity contribution in [2.45, 2.75) is 0 Å². The topological polar surface area (TPSA) is 89.8 Å². The monoisotopic (exact) mass is 317 g/mol. The fraction of sp³-hybridized carbons (Fsp3) is 0. The fourth-order valence-electron chi connectivity index (χ4n) is 1.10. The smallest absolute Gasteiger partial charge is 1.00 e. The van der Waals surface area contributed by atoms with Gasteiger partial charge in [-0.05, 0) is 12.1 Å². The van der Waals surface area contributed by atoms with E-state index in [1.54, 1.807) is 0 Å². The van der Waals surface area contributed by atoms with E-state index >= 15 is 0 Å². The Morgan fingerprint density at radius 1 is 1.15 bits per heavy atom. The van der Waals surface area contributed by atoms with E-state index in [0.29, 0.717) is 6.07 Å². The summed E-state index contributed by atoms with van der Waals surface area (Å²) in [4.78, 5) is 9.87. The minimum absolute atomic E-state index is 0. The second-order valence-electron chi connectivity index (χ2n) is 3.18. The van der Waals surface area contributed by atoms with E-state index < -0.39 is 45.6 Å². The van der Waals surface area contributed by atoms with E-state index in [1.807, 2.05) is 5.32 Å². The molecule has 1 aromatic carbocycles. The third-order valence-electron chi connectivity index (χ3n) is 1.95. The molecule has 10 heteroatoms. The molecule has 0 unspecified atom stereocenters. The van der Waals surface area contributed by atoms with Crippen LogP contribution in [0.15, 0.2) is 23.7 Å². The Morgan fingerprint density at radius 3 is 2.15 bits per heavy atom. The van der Waals surface area contributed by atoms with Gasteiger partial charge < -0.3 is 22.1 Å². The number of rotatable bonds is 3. The van der Waals surface area contributed by atoms with Crippen LogP contribution in [0.5, 0.6) is 0 Å². The molecule has 0 heterocycles. The van der Waals surface area contributed by atoms with E-state index in [-0.39, 0.29) is 31.0 Å². The summed E-state index contributed by atoms with van der Waals surface area (Å²) in [5.41, 5.74) is -1.76. The first-order chi connectivity index (χ1) is 8.75. The quantitative estimate of drug-likeness (QED) is 0.195. The number of hydrogen-bond donors (Lipinski definition) is 4. The molecular formula is C10H7F3NNaO4S. The summed E-state index contributed by atoms with van der Waals surface area (Å²) in [6, 6.07) is 1.36. The van der Waals surface area contributed by atoms with E-state index in [2.05, 4.69) is 12.2 Å². The van der Waals surface area contributed by atoms with Crippen LogP contribution in [-0.4, -0.2) is 26.3 Å². The average molecular weight is 317 g/mol. The van der Waals surface area contributed by atoms with Crippen LogP contribution >= 0.6 is 12.2 Å². The van der Waals surface area contributed by atoms with Gasteiger partial charge in [-0.25, -0.2) is 18.0 Å². The number of benzene rings is 1. The molecule has 0 amide bonds. The molecule has 0 aliphatic rings. The summed E-state index contributed by atoms with van der Waals surface area (Å²) in [7, 11) is 0. The van der Waals surface area contributed by atoms with Crippen molar-refractivity contribution >= 4 is 28.9 Å². The number of aliphatic hydroxyl groups excluding tert-OH is 1. The Kier molecular flexibility index (Phi) is 7.00. The van der Waals surface area contributed by atoms with Gasteiger partial charge in [0.05, 0.1) is 5.69 Å². The van der Waals surface area contributed by atoms with Gasteiger partial charge in [-0.3, -0.25) is 0 Å². The Balaban J connectivity index is 0. The first kappa shape index (κ1) is 18.7. The van der Waals surface area contributed by atoms with Gasteiger partial charge >= 0.3 is 35.5 Å². The maximum Gasteiger partial charge on any atom is 1.00 e. The van der Waals surface area contributed by atoms with Crippen LogP contribution in [0.2, 0.25) is 0 Å². The van der Waals surface area contributed by atoms with E-state index in [4.69, 9.17) is 15.3 Å². The molecular weight excluding hydrogens is 310 g/mol. The summed E-state index contributed by atoms with van der Waals surface area (Å²) in [5, 5.41) is 28.0. The van der Waals surface area contributed by atoms with Gasteiger partial charge in [0.25, 0.3) is 5.95 Å². The van der Waals surface area contributed by atoms with E-state index in [1.165, 1.54) is 0 Å². The molecule has 5 nitrogen and oxygen atoms in total. The Bertz CT molecular complexity index is 596. The molecule has 20 heavy (non-hydrogen) atoms. The number of hydrogen-bond acceptors (Lipinski definition) is 4. The summed E-state index contributed by atoms with van der Waals surface area (Å²) in [5.74, 6) is -8.23. The average Bonchev–Trinajstić information content (AvgIpc) is 2.29. The molecule has 0 aliphatic heterocycles. The number of halogens is 3. The standard InChI is InChI=1S/C10H6F3NO4S.Na.H/c11-3-1-2-4(7(13)6(3)12)14-8(19)5(9(15)16)10(17)18;;/h1-2,15-16H,(H,14,19)(H,17,18);;/q;+1;-1. The molecule has 0 fully saturated rings. The minimum Gasteiger partial charge on any atom is -1.00 e. The van der Waals surface area contributed by atoms with Crippen molar-refractivity contribution in [1.29, 1.82) is 0 Å². The predicted molar refractivity (Wildman–Crippen MR) is 63.6 cm³/mol. The van der Waals surface area contributed by atoms with Gasteiger partial charge in [0.1, 0.15) is 4.99 Å². The van der Waals surface area contributed by atoms with Crippen molar-refractivity contribution in [1.82, 2.24) is 0 Å². The van der Waals surface area contributed by atoms with Crippen LogP contribution in [0.4, 0.5) is 18.9 Å². The largest absolute Gasteiger partial charge is 1.00 e. The second kappa shape index (κ2) is 7.48. The molecule has 0 bridgehead atoms. The Morgan fingerprint density at radius 2 is 1.70 bits per heavy atom. The molecule has 1 rings (SSSR count). The van der Waals surface area contributed by atoms with Crippen LogP contribution < -0.4 is 34.9 Å². The number of aliphatic hydroxyl groups is 2. The van der Waals surface area contributed by atoms with Crippen molar-refractivity contribution in [2.24, 2.45) is 0 Å². The van der Waals surface area contributed by atoms with Crippen LogP contribution in [0.3, 0.4) is 0 Å². The SMILES string of the molecule is O=C(O)C(C(=S)Nc1ccc(F)c(F)c1F)=C(O)O.[H-].[Na+]. The molecule has 1 aromatic rings. The maximum absolute atomic E-state index is 13.3. The van der Waals surface area contributed by atoms with Gasteiger partial charge in [-0.1, -0.05) is 12.2 Å². The van der Waals surface area contributed by atoms with Crippen molar-refractivity contribution < 1.29 is 64.3 Å². The van der Waals surface area contributed by atoms with Gasteiger partial charge in [-0.2, -0.15) is 0 Å². The van der Waals surface area contributed by atoms with Gasteiger partial charge in [0.2, 0.25) is 0 Å². The van der Waals surface area contributed by atoms with Crippen molar-refractivity contribution in [3.05, 3.63) is 41.1 Å². The minimum atomic E-state index is -1.79. The summed E-state index contributed by atoms with van der Waals surface area (Å²) in [6.07, 6.45) is 0. The molecule has 0 saturated carbocycles. The fourth-order valence-corrected chi connectivity index (χ4v) is 1.39. The second-order valence-corrected chi connectivity index (χ2v) is 3.59. The first-order valence-corrected chi connectivity index (χ1v) is 4.96. The Labute approximate surface area is 139 Å². The van der Waals surface area contributed by atoms with Crippen molar-refractivity contribution in [3.8, 4) is 0 Å². The molecule has 104 valence electrons. The number of carbonyl (C=O) groups is 1. The van der Waals surface area contributed by atoms with Crippen LogP contribution in [-0.2, 0) is 4.79 Å². The molecule has 4 N–H and O–H groups in total. The third kappa shape index (κ3) is 4.10. The van der Waals surface area contributed by atoms with Gasteiger partial charge in [-0.15, -0.1) is 0 Å². The number of carboxylic acids is 1. The number of thiocarbonyl (C=S) groups is 1. The van der Waals surface area contributed by atoms with Crippen LogP contribution in [0, 0.1) is 17.5 Å².